The zero-order valence-corrected chi connectivity index (χ0v) is 18.3. The van der Waals surface area contributed by atoms with E-state index in [1.54, 1.807) is 0 Å². The predicted molar refractivity (Wildman–Crippen MR) is 112 cm³/mol. The van der Waals surface area contributed by atoms with Crippen molar-refractivity contribution in [2.24, 2.45) is 7.05 Å². The molecule has 1 aromatic carbocycles. The Bertz CT molecular complexity index is 1600. The van der Waals surface area contributed by atoms with Gasteiger partial charge in [0.15, 0.2) is 0 Å². The van der Waals surface area contributed by atoms with E-state index < -0.39 is 39.5 Å². The molecule has 0 bridgehead atoms. The second-order valence-electron chi connectivity index (χ2n) is 6.77. The van der Waals surface area contributed by atoms with Crippen molar-refractivity contribution in [3.05, 3.63) is 66.3 Å². The van der Waals surface area contributed by atoms with E-state index in [-0.39, 0.29) is 43.1 Å². The van der Waals surface area contributed by atoms with Gasteiger partial charge in [-0.05, 0) is 12.1 Å². The number of nitrogens with zero attached hydrogens (tertiary/aromatic N) is 5. The first-order valence-electron chi connectivity index (χ1n) is 9.19. The lowest BCUT2D eigenvalue weighted by atomic mass is 10.2. The SMILES string of the molecule is COc1cc(OC)nc(-n2c(=O)sc3cc(F)c(-n4c(=O)cc(C(F)(F)F)n(C)c4=O)cc32)n1. The lowest BCUT2D eigenvalue weighted by molar-refractivity contribution is -0.144. The number of ether oxygens (including phenoxy) is 2. The first-order chi connectivity index (χ1) is 16.0. The molecule has 0 saturated heterocycles. The monoisotopic (exact) mass is 499 g/mol. The maximum absolute atomic E-state index is 14.9. The third-order valence-corrected chi connectivity index (χ3v) is 5.69. The molecular formula is C19H13F4N5O5S. The summed E-state index contributed by atoms with van der Waals surface area (Å²) in [5, 5.41) is 0. The third-order valence-electron chi connectivity index (χ3n) is 4.79. The number of thiazole rings is 1. The Morgan fingerprint density at radius 1 is 0.941 bits per heavy atom. The molecule has 4 aromatic rings. The smallest absolute Gasteiger partial charge is 0.431 e. The maximum atomic E-state index is 14.9. The van der Waals surface area contributed by atoms with E-state index in [4.69, 9.17) is 9.47 Å². The van der Waals surface area contributed by atoms with Gasteiger partial charge in [-0.2, -0.15) is 23.1 Å². The van der Waals surface area contributed by atoms with Gasteiger partial charge < -0.3 is 9.47 Å². The van der Waals surface area contributed by atoms with Crippen molar-refractivity contribution in [2.45, 2.75) is 6.18 Å². The van der Waals surface area contributed by atoms with Crippen LogP contribution in [0.4, 0.5) is 17.6 Å². The Labute approximate surface area is 189 Å². The van der Waals surface area contributed by atoms with Crippen molar-refractivity contribution in [2.75, 3.05) is 14.2 Å². The lowest BCUT2D eigenvalue weighted by Crippen LogP contribution is -2.41. The Morgan fingerprint density at radius 2 is 1.56 bits per heavy atom. The summed E-state index contributed by atoms with van der Waals surface area (Å²) < 4.78 is 65.9. The minimum atomic E-state index is -4.98. The van der Waals surface area contributed by atoms with Gasteiger partial charge in [-0.3, -0.25) is 14.2 Å². The molecule has 0 radical (unpaired) electrons. The zero-order valence-electron chi connectivity index (χ0n) is 17.5. The number of hydrogen-bond donors (Lipinski definition) is 0. The average Bonchev–Trinajstić information content (AvgIpc) is 3.09. The highest BCUT2D eigenvalue weighted by molar-refractivity contribution is 7.16. The molecule has 0 atom stereocenters. The minimum absolute atomic E-state index is 0.00411. The number of halogens is 4. The summed E-state index contributed by atoms with van der Waals surface area (Å²) >= 11 is 0.622. The Kier molecular flexibility index (Phi) is 5.51. The molecule has 0 amide bonds. The Balaban J connectivity index is 2.04. The van der Waals surface area contributed by atoms with Crippen molar-refractivity contribution in [3.8, 4) is 23.4 Å². The van der Waals surface area contributed by atoms with E-state index >= 15 is 0 Å². The summed E-state index contributed by atoms with van der Waals surface area (Å²) in [6, 6.07) is 3.39. The molecule has 0 aliphatic rings. The van der Waals surface area contributed by atoms with Crippen LogP contribution in [0.1, 0.15) is 5.69 Å². The molecule has 0 aliphatic carbocycles. The predicted octanol–water partition coefficient (Wildman–Crippen LogP) is 1.87. The van der Waals surface area contributed by atoms with Crippen molar-refractivity contribution in [1.82, 2.24) is 23.7 Å². The topological polar surface area (TPSA) is 110 Å². The molecule has 34 heavy (non-hydrogen) atoms. The van der Waals surface area contributed by atoms with Crippen molar-refractivity contribution < 1.29 is 27.0 Å². The number of benzene rings is 1. The second kappa shape index (κ2) is 8.09. The second-order valence-corrected chi connectivity index (χ2v) is 7.76. The molecular weight excluding hydrogens is 486 g/mol. The molecule has 178 valence electrons. The quantitative estimate of drug-likeness (QED) is 0.394. The van der Waals surface area contributed by atoms with Crippen molar-refractivity contribution in [3.63, 3.8) is 0 Å². The van der Waals surface area contributed by atoms with Crippen molar-refractivity contribution in [1.29, 1.82) is 0 Å². The largest absolute Gasteiger partial charge is 0.481 e. The van der Waals surface area contributed by atoms with E-state index in [0.717, 1.165) is 23.7 Å². The number of rotatable bonds is 4. The molecule has 15 heteroatoms. The van der Waals surface area contributed by atoms with Crippen LogP contribution in [0, 0.1) is 5.82 Å². The van der Waals surface area contributed by atoms with E-state index in [9.17, 15) is 31.9 Å². The minimum Gasteiger partial charge on any atom is -0.481 e. The number of alkyl halides is 3. The van der Waals surface area contributed by atoms with Crippen LogP contribution in [0.3, 0.4) is 0 Å². The van der Waals surface area contributed by atoms with E-state index in [1.165, 1.54) is 20.3 Å². The van der Waals surface area contributed by atoms with Crippen LogP contribution >= 0.6 is 11.3 Å². The van der Waals surface area contributed by atoms with Gasteiger partial charge >= 0.3 is 16.7 Å². The Hall–Kier alpha value is -4.01. The fraction of sp³-hybridized carbons (Fsp3) is 0.211. The van der Waals surface area contributed by atoms with Crippen LogP contribution in [0.5, 0.6) is 11.8 Å². The van der Waals surface area contributed by atoms with Crippen LogP contribution in [-0.2, 0) is 13.2 Å². The van der Waals surface area contributed by atoms with Crippen LogP contribution in [0.2, 0.25) is 0 Å². The van der Waals surface area contributed by atoms with Gasteiger partial charge in [0.25, 0.3) is 5.56 Å². The molecule has 10 nitrogen and oxygen atoms in total. The van der Waals surface area contributed by atoms with E-state index in [1.807, 2.05) is 0 Å². The van der Waals surface area contributed by atoms with Crippen LogP contribution < -0.4 is 25.6 Å². The standard InChI is InChI=1S/C19H13F4N5O5S/c1-26-12(19(21,22)23)6-15(29)27(17(26)30)9-5-10-11(4-8(9)20)34-18(31)28(10)16-24-13(32-2)7-14(25-16)33-3/h4-7H,1-3H3. The zero-order chi connectivity index (χ0) is 24.9. The number of methoxy groups -OCH3 is 2. The summed E-state index contributed by atoms with van der Waals surface area (Å²) in [6.07, 6.45) is -4.98. The van der Waals surface area contributed by atoms with Crippen LogP contribution in [-0.4, -0.2) is 37.9 Å². The summed E-state index contributed by atoms with van der Waals surface area (Å²) in [6.45, 7) is 0. The average molecular weight is 499 g/mol. The molecule has 0 spiro atoms. The summed E-state index contributed by atoms with van der Waals surface area (Å²) in [7, 11) is 3.44. The van der Waals surface area contributed by atoms with Crippen LogP contribution in [0.15, 0.2) is 38.6 Å². The van der Waals surface area contributed by atoms with Gasteiger partial charge in [-0.1, -0.05) is 11.3 Å². The molecule has 3 aromatic heterocycles. The summed E-state index contributed by atoms with van der Waals surface area (Å²) in [5.74, 6) is -1.23. The van der Waals surface area contributed by atoms with Gasteiger partial charge in [-0.15, -0.1) is 0 Å². The van der Waals surface area contributed by atoms with Gasteiger partial charge in [0.1, 0.15) is 11.5 Å². The highest BCUT2D eigenvalue weighted by Crippen LogP contribution is 2.28. The molecule has 0 N–H and O–H groups in total. The normalized spacial score (nSPS) is 11.7. The molecule has 0 aliphatic heterocycles. The number of hydrogen-bond acceptors (Lipinski definition) is 8. The van der Waals surface area contributed by atoms with E-state index in [0.29, 0.717) is 11.3 Å². The molecule has 0 unspecified atom stereocenters. The lowest BCUT2D eigenvalue weighted by Gasteiger charge is -2.14. The van der Waals surface area contributed by atoms with Gasteiger partial charge in [-0.25, -0.2) is 18.3 Å². The molecule has 3 heterocycles. The molecule has 0 fully saturated rings. The van der Waals surface area contributed by atoms with Gasteiger partial charge in [0, 0.05) is 13.1 Å². The molecule has 0 saturated carbocycles. The first kappa shape index (κ1) is 23.2. The van der Waals surface area contributed by atoms with Crippen molar-refractivity contribution >= 4 is 21.6 Å². The summed E-state index contributed by atoms with van der Waals surface area (Å²) in [4.78, 5) is 45.2. The fourth-order valence-electron chi connectivity index (χ4n) is 3.21. The third kappa shape index (κ3) is 3.72. The van der Waals surface area contributed by atoms with Crippen LogP contribution in [0.25, 0.3) is 21.9 Å². The van der Waals surface area contributed by atoms with Gasteiger partial charge in [0.05, 0.1) is 36.2 Å². The molecule has 4 rings (SSSR count). The maximum Gasteiger partial charge on any atom is 0.431 e. The Morgan fingerprint density at radius 3 is 2.12 bits per heavy atom. The van der Waals surface area contributed by atoms with Gasteiger partial charge in [0.2, 0.25) is 17.7 Å². The highest BCUT2D eigenvalue weighted by atomic mass is 32.1. The first-order valence-corrected chi connectivity index (χ1v) is 10.0. The summed E-state index contributed by atoms with van der Waals surface area (Å²) in [5.41, 5.74) is -4.99. The highest BCUT2D eigenvalue weighted by Gasteiger charge is 2.35. The number of aromatic nitrogens is 5. The fourth-order valence-corrected chi connectivity index (χ4v) is 4.09. The number of fused-ring (bicyclic) bond motifs is 1. The van der Waals surface area contributed by atoms with E-state index in [2.05, 4.69) is 9.97 Å².